The van der Waals surface area contributed by atoms with Crippen LogP contribution in [0.4, 0.5) is 39.5 Å². The number of nitrogens with zero attached hydrogens (tertiary/aromatic N) is 6. The molecule has 1 aliphatic heterocycles. The van der Waals surface area contributed by atoms with Crippen LogP contribution < -0.4 is 18.9 Å². The molecule has 6 aromatic rings. The predicted octanol–water partition coefficient (Wildman–Crippen LogP) is 4.45. The normalized spacial score (nSPS) is 11.9. The van der Waals surface area contributed by atoms with Crippen molar-refractivity contribution in [1.82, 2.24) is 28.8 Å². The molecule has 7 rings (SSSR count). The Kier molecular flexibility index (Phi) is 25.8. The van der Waals surface area contributed by atoms with Gasteiger partial charge in [-0.15, -0.1) is 23.2 Å². The maximum atomic E-state index is 12.6. The van der Waals surface area contributed by atoms with Gasteiger partial charge in [0.05, 0.1) is 75.9 Å². The number of ether oxygens (including phenoxy) is 2. The van der Waals surface area contributed by atoms with E-state index in [0.29, 0.717) is 11.8 Å². The van der Waals surface area contributed by atoms with Gasteiger partial charge in [-0.3, -0.25) is 4.79 Å². The van der Waals surface area contributed by atoms with E-state index in [1.165, 1.54) is 57.4 Å². The molecular formula is C34H35AlCl2F9LiMnN6O7. The van der Waals surface area contributed by atoms with E-state index in [1.54, 1.807) is 6.92 Å². The molecule has 0 atom stereocenters. The third-order valence-electron chi connectivity index (χ3n) is 7.28. The molecule has 0 radical (unpaired) electrons. The van der Waals surface area contributed by atoms with Gasteiger partial charge in [0.25, 0.3) is 0 Å². The van der Waals surface area contributed by atoms with Crippen molar-refractivity contribution in [2.75, 3.05) is 25.2 Å². The summed E-state index contributed by atoms with van der Waals surface area (Å²) in [4.78, 5) is 22.0. The minimum absolute atomic E-state index is 0. The number of rotatable bonds is 4. The Morgan fingerprint density at radius 3 is 1.59 bits per heavy atom. The van der Waals surface area contributed by atoms with Crippen molar-refractivity contribution in [3.8, 4) is 0 Å². The van der Waals surface area contributed by atoms with Crippen LogP contribution in [-0.4, -0.2) is 88.7 Å². The molecule has 7 heterocycles. The molecule has 0 spiro atoms. The zero-order valence-corrected chi connectivity index (χ0v) is 33.8. The topological polar surface area (TPSA) is 159 Å². The fourth-order valence-electron chi connectivity index (χ4n) is 4.63. The molecular weight excluding hydrogens is 935 g/mol. The second-order valence-corrected chi connectivity index (χ2v) is 12.0. The molecule has 1 fully saturated rings. The Bertz CT molecular complexity index is 2300. The molecule has 0 bridgehead atoms. The van der Waals surface area contributed by atoms with E-state index in [4.69, 9.17) is 45.5 Å². The van der Waals surface area contributed by atoms with Crippen LogP contribution in [0.2, 0.25) is 0 Å². The van der Waals surface area contributed by atoms with Crippen LogP contribution >= 0.6 is 23.2 Å². The predicted molar refractivity (Wildman–Crippen MR) is 197 cm³/mol. The van der Waals surface area contributed by atoms with Crippen molar-refractivity contribution < 1.29 is 106 Å². The summed E-state index contributed by atoms with van der Waals surface area (Å²) in [5.74, 6) is -0.688. The van der Waals surface area contributed by atoms with Crippen molar-refractivity contribution >= 4 is 69.4 Å². The Balaban J connectivity index is 0. The molecule has 0 amide bonds. The Hall–Kier alpha value is -3.67. The van der Waals surface area contributed by atoms with E-state index in [1.807, 2.05) is 0 Å². The van der Waals surface area contributed by atoms with Crippen molar-refractivity contribution in [3.63, 3.8) is 0 Å². The van der Waals surface area contributed by atoms with Gasteiger partial charge in [-0.2, -0.15) is 54.8 Å². The SMILES string of the molecule is C1CCOC1.CCOC(=O)c1cnn2ccc(C(F)(F)F)cc12.ClCCl.O=Cc1cnn2ccc(C(F)(F)F)cc12.OCc1cnn2ccc(C(F)(F)F)cc12.[AlH3].[H-].[Li+].[O]=[Mn]=[O]. The summed E-state index contributed by atoms with van der Waals surface area (Å²) in [7, 11) is 0. The first-order valence-electron chi connectivity index (χ1n) is 16.3. The molecule has 331 valence electrons. The Labute approximate surface area is 379 Å². The number of alkyl halides is 11. The van der Waals surface area contributed by atoms with E-state index in [9.17, 15) is 49.1 Å². The molecule has 13 nitrogen and oxygen atoms in total. The van der Waals surface area contributed by atoms with Crippen LogP contribution in [0.15, 0.2) is 73.6 Å². The number of fused-ring (bicyclic) bond motifs is 3. The van der Waals surface area contributed by atoms with Gasteiger partial charge in [-0.1, -0.05) is 0 Å². The first-order valence-corrected chi connectivity index (χ1v) is 18.3. The van der Waals surface area contributed by atoms with Crippen LogP contribution in [0.5, 0.6) is 0 Å². The fraction of sp³-hybridized carbons (Fsp3) is 0.324. The molecule has 27 heteroatoms. The van der Waals surface area contributed by atoms with E-state index >= 15 is 0 Å². The third-order valence-corrected chi connectivity index (χ3v) is 7.28. The van der Waals surface area contributed by atoms with Crippen molar-refractivity contribution in [3.05, 3.63) is 107 Å². The van der Waals surface area contributed by atoms with Crippen molar-refractivity contribution in [1.29, 1.82) is 0 Å². The average Bonchev–Trinajstić information content (AvgIpc) is 4.01. The number of halogens is 11. The zero-order chi connectivity index (χ0) is 44.4. The van der Waals surface area contributed by atoms with E-state index in [2.05, 4.69) is 15.3 Å². The molecule has 0 aliphatic carbocycles. The van der Waals surface area contributed by atoms with Gasteiger partial charge in [0.1, 0.15) is 5.56 Å². The van der Waals surface area contributed by atoms with Gasteiger partial charge in [0.2, 0.25) is 0 Å². The number of aliphatic hydroxyl groups is 1. The summed E-state index contributed by atoms with van der Waals surface area (Å²) in [6, 6.07) is 5.50. The number of aldehydes is 1. The van der Waals surface area contributed by atoms with Gasteiger partial charge in [-0.05, 0) is 56.2 Å². The molecule has 1 saturated heterocycles. The number of hydrogen-bond acceptors (Lipinski definition) is 10. The molecule has 1 N–H and O–H groups in total. The number of aromatic nitrogens is 6. The summed E-state index contributed by atoms with van der Waals surface area (Å²) in [5.41, 5.74) is -1.34. The molecule has 6 aromatic heterocycles. The molecule has 1 aliphatic rings. The van der Waals surface area contributed by atoms with Crippen molar-refractivity contribution in [2.45, 2.75) is 44.9 Å². The first kappa shape index (κ1) is 57.3. The number of hydrogen-bond donors (Lipinski definition) is 1. The average molecular weight is 970 g/mol. The number of esters is 1. The third kappa shape index (κ3) is 17.9. The monoisotopic (exact) mass is 969 g/mol. The Morgan fingerprint density at radius 1 is 0.803 bits per heavy atom. The van der Waals surface area contributed by atoms with Gasteiger partial charge < -0.3 is 16.0 Å². The maximum absolute atomic E-state index is 12.6. The standard InChI is InChI=1S/C11H9F3N2O2.C9H7F3N2O.C9H5F3N2O.C4H8O.CH2Cl2.Al.Li.Mn.2O.4H/c1-2-18-10(17)8-6-15-16-4-3-7(5-9(8)16)11(12,13)14;2*10-9(11,12)7-1-2-14-8(3-7)6(5-15)4-13-14;1-2-4-5-3-1;2-1-3;;;;;;;;;/h3-6H,2H2,1H3;1-4,15H,5H2;1-5H;1-4H2;1H2;;;;;;;;;/q;;;;;;+1;;;;;;;-1. The van der Waals surface area contributed by atoms with E-state index < -0.39 is 56.0 Å². The number of carbonyl (C=O) groups is 2. The van der Waals surface area contributed by atoms with Gasteiger partial charge >= 0.3 is 65.8 Å². The molecule has 61 heavy (non-hydrogen) atoms. The van der Waals surface area contributed by atoms with E-state index in [-0.39, 0.29) is 83.9 Å². The van der Waals surface area contributed by atoms with Gasteiger partial charge in [0.15, 0.2) is 23.6 Å². The summed E-state index contributed by atoms with van der Waals surface area (Å²) < 4.78 is 142. The number of pyridine rings is 3. The summed E-state index contributed by atoms with van der Waals surface area (Å²) in [6.45, 7) is 3.44. The van der Waals surface area contributed by atoms with Gasteiger partial charge in [-0.25, -0.2) is 18.3 Å². The first-order chi connectivity index (χ1) is 27.8. The van der Waals surface area contributed by atoms with Crippen LogP contribution in [-0.2, 0) is 57.1 Å². The van der Waals surface area contributed by atoms with Crippen LogP contribution in [0, 0.1) is 0 Å². The quantitative estimate of drug-likeness (QED) is 0.0881. The molecule has 0 unspecified atom stereocenters. The second-order valence-electron chi connectivity index (χ2n) is 11.0. The molecule has 0 saturated carbocycles. The van der Waals surface area contributed by atoms with E-state index in [0.717, 1.165) is 55.8 Å². The fourth-order valence-corrected chi connectivity index (χ4v) is 4.63. The number of aliphatic hydroxyl groups excluding tert-OH is 1. The van der Waals surface area contributed by atoms with Crippen molar-refractivity contribution in [2.24, 2.45) is 0 Å². The van der Waals surface area contributed by atoms with Crippen LogP contribution in [0.25, 0.3) is 16.6 Å². The summed E-state index contributed by atoms with van der Waals surface area (Å²) in [5, 5.41) is 20.4. The minimum atomic E-state index is -4.46. The Morgan fingerprint density at radius 2 is 1.20 bits per heavy atom. The van der Waals surface area contributed by atoms with Gasteiger partial charge in [0, 0.05) is 37.4 Å². The zero-order valence-electron chi connectivity index (χ0n) is 32.1. The second kappa shape index (κ2) is 27.4. The summed E-state index contributed by atoms with van der Waals surface area (Å²) in [6.07, 6.45) is -2.92. The van der Waals surface area contributed by atoms with Crippen LogP contribution in [0.1, 0.15) is 64.2 Å². The molecule has 0 aromatic carbocycles. The number of carbonyl (C=O) groups excluding carboxylic acids is 2. The summed E-state index contributed by atoms with van der Waals surface area (Å²) >= 11 is 8.09. The van der Waals surface area contributed by atoms with Crippen LogP contribution in [0.3, 0.4) is 0 Å².